The van der Waals surface area contributed by atoms with Crippen molar-refractivity contribution < 1.29 is 9.53 Å². The number of halogens is 1. The van der Waals surface area contributed by atoms with Crippen LogP contribution in [0, 0.1) is 0 Å². The molecule has 0 radical (unpaired) electrons. The molecule has 88 valence electrons. The maximum absolute atomic E-state index is 11.6. The number of carbonyl (C=O) groups excluding carboxylic acids is 1. The van der Waals surface area contributed by atoms with Crippen molar-refractivity contribution in [3.63, 3.8) is 0 Å². The van der Waals surface area contributed by atoms with E-state index in [1.165, 1.54) is 6.20 Å². The number of pyridine rings is 1. The quantitative estimate of drug-likeness (QED) is 0.759. The topological polar surface area (TPSA) is 42.4 Å². The molecule has 1 aromatic rings. The Morgan fingerprint density at radius 2 is 2.25 bits per heavy atom. The van der Waals surface area contributed by atoms with Crippen LogP contribution in [0.2, 0.25) is 5.15 Å². The first-order chi connectivity index (χ1) is 7.50. The minimum atomic E-state index is -0.0649. The maximum atomic E-state index is 11.6. The minimum Gasteiger partial charge on any atom is -0.482 e. The molecule has 0 fully saturated rings. The van der Waals surface area contributed by atoms with Gasteiger partial charge in [0, 0.05) is 13.1 Å². The highest BCUT2D eigenvalue weighted by Gasteiger charge is 2.12. The summed E-state index contributed by atoms with van der Waals surface area (Å²) in [6.45, 7) is 3.90. The van der Waals surface area contributed by atoms with Crippen molar-refractivity contribution >= 4 is 17.5 Å². The van der Waals surface area contributed by atoms with Gasteiger partial charge in [0.25, 0.3) is 5.91 Å². The lowest BCUT2D eigenvalue weighted by Crippen LogP contribution is -2.36. The molecule has 1 amide bonds. The zero-order valence-electron chi connectivity index (χ0n) is 9.61. The van der Waals surface area contributed by atoms with Crippen LogP contribution in [0.15, 0.2) is 18.3 Å². The van der Waals surface area contributed by atoms with Gasteiger partial charge in [0.2, 0.25) is 0 Å². The van der Waals surface area contributed by atoms with Gasteiger partial charge < -0.3 is 9.64 Å². The van der Waals surface area contributed by atoms with Gasteiger partial charge in [-0.25, -0.2) is 4.98 Å². The Labute approximate surface area is 100 Å². The van der Waals surface area contributed by atoms with E-state index in [2.05, 4.69) is 4.98 Å². The second kappa shape index (κ2) is 5.70. The third-order valence-electron chi connectivity index (χ3n) is 2.23. The van der Waals surface area contributed by atoms with Crippen molar-refractivity contribution in [3.05, 3.63) is 23.5 Å². The van der Waals surface area contributed by atoms with Crippen molar-refractivity contribution in [2.75, 3.05) is 13.7 Å². The second-order valence-electron chi connectivity index (χ2n) is 3.70. The van der Waals surface area contributed by atoms with Gasteiger partial charge in [0.15, 0.2) is 6.61 Å². The van der Waals surface area contributed by atoms with E-state index in [9.17, 15) is 4.79 Å². The van der Waals surface area contributed by atoms with Crippen LogP contribution < -0.4 is 4.74 Å². The summed E-state index contributed by atoms with van der Waals surface area (Å²) in [6, 6.07) is 3.46. The van der Waals surface area contributed by atoms with E-state index >= 15 is 0 Å². The summed E-state index contributed by atoms with van der Waals surface area (Å²) in [4.78, 5) is 17.1. The summed E-state index contributed by atoms with van der Waals surface area (Å²) in [5, 5.41) is 0.401. The van der Waals surface area contributed by atoms with Crippen LogP contribution in [0.5, 0.6) is 5.75 Å². The standard InChI is InChI=1S/C11H15ClN2O2/c1-8(2)14(3)11(15)7-16-9-4-5-10(12)13-6-9/h4-6,8H,7H2,1-3H3. The highest BCUT2D eigenvalue weighted by molar-refractivity contribution is 6.29. The first kappa shape index (κ1) is 12.8. The van der Waals surface area contributed by atoms with Gasteiger partial charge in [-0.15, -0.1) is 0 Å². The SMILES string of the molecule is CC(C)N(C)C(=O)COc1ccc(Cl)nc1. The van der Waals surface area contributed by atoms with Gasteiger partial charge in [0.05, 0.1) is 6.20 Å². The third kappa shape index (κ3) is 3.70. The molecular formula is C11H15ClN2O2. The van der Waals surface area contributed by atoms with Crippen molar-refractivity contribution in [3.8, 4) is 5.75 Å². The van der Waals surface area contributed by atoms with Gasteiger partial charge >= 0.3 is 0 Å². The summed E-state index contributed by atoms with van der Waals surface area (Å²) in [6.07, 6.45) is 1.49. The number of likely N-dealkylation sites (N-methyl/N-ethyl adjacent to an activating group) is 1. The van der Waals surface area contributed by atoms with E-state index in [0.29, 0.717) is 10.9 Å². The van der Waals surface area contributed by atoms with Crippen molar-refractivity contribution in [1.29, 1.82) is 0 Å². The number of rotatable bonds is 4. The fourth-order valence-corrected chi connectivity index (χ4v) is 1.09. The highest BCUT2D eigenvalue weighted by atomic mass is 35.5. The average Bonchev–Trinajstić information content (AvgIpc) is 2.26. The maximum Gasteiger partial charge on any atom is 0.260 e. The number of carbonyl (C=O) groups is 1. The first-order valence-electron chi connectivity index (χ1n) is 5.00. The number of amides is 1. The van der Waals surface area contributed by atoms with E-state index in [0.717, 1.165) is 0 Å². The lowest BCUT2D eigenvalue weighted by Gasteiger charge is -2.21. The normalized spacial score (nSPS) is 10.3. The van der Waals surface area contributed by atoms with E-state index in [1.807, 2.05) is 13.8 Å². The fourth-order valence-electron chi connectivity index (χ4n) is 0.983. The lowest BCUT2D eigenvalue weighted by atomic mass is 10.3. The summed E-state index contributed by atoms with van der Waals surface area (Å²) < 4.78 is 5.28. The van der Waals surface area contributed by atoms with E-state index in [1.54, 1.807) is 24.1 Å². The van der Waals surface area contributed by atoms with Gasteiger partial charge in [-0.1, -0.05) is 11.6 Å². The smallest absolute Gasteiger partial charge is 0.260 e. The lowest BCUT2D eigenvalue weighted by molar-refractivity contribution is -0.133. The highest BCUT2D eigenvalue weighted by Crippen LogP contribution is 2.12. The Bertz CT molecular complexity index is 352. The molecule has 0 N–H and O–H groups in total. The molecule has 0 bridgehead atoms. The molecule has 0 aromatic carbocycles. The molecule has 4 nitrogen and oxygen atoms in total. The summed E-state index contributed by atoms with van der Waals surface area (Å²) in [5.41, 5.74) is 0. The van der Waals surface area contributed by atoms with E-state index < -0.39 is 0 Å². The van der Waals surface area contributed by atoms with Crippen LogP contribution in [0.3, 0.4) is 0 Å². The molecule has 0 saturated carbocycles. The summed E-state index contributed by atoms with van der Waals surface area (Å²) >= 11 is 5.62. The molecule has 0 aliphatic rings. The van der Waals surface area contributed by atoms with Crippen LogP contribution in [0.1, 0.15) is 13.8 Å². The molecule has 16 heavy (non-hydrogen) atoms. The van der Waals surface area contributed by atoms with Crippen LogP contribution in [-0.2, 0) is 4.79 Å². The number of hydrogen-bond donors (Lipinski definition) is 0. The molecule has 0 saturated heterocycles. The molecule has 0 unspecified atom stereocenters. The average molecular weight is 243 g/mol. The van der Waals surface area contributed by atoms with Crippen molar-refractivity contribution in [2.45, 2.75) is 19.9 Å². The predicted octanol–water partition coefficient (Wildman–Crippen LogP) is 1.98. The number of ether oxygens (including phenoxy) is 1. The fraction of sp³-hybridized carbons (Fsp3) is 0.455. The second-order valence-corrected chi connectivity index (χ2v) is 4.09. The molecule has 0 atom stereocenters. The molecule has 0 spiro atoms. The van der Waals surface area contributed by atoms with E-state index in [-0.39, 0.29) is 18.6 Å². The molecule has 0 aliphatic carbocycles. The largest absolute Gasteiger partial charge is 0.482 e. The zero-order valence-corrected chi connectivity index (χ0v) is 10.4. The van der Waals surface area contributed by atoms with Gasteiger partial charge in [-0.3, -0.25) is 4.79 Å². The summed E-state index contributed by atoms with van der Waals surface area (Å²) in [5.74, 6) is 0.472. The van der Waals surface area contributed by atoms with Gasteiger partial charge in [-0.2, -0.15) is 0 Å². The first-order valence-corrected chi connectivity index (χ1v) is 5.38. The Balaban J connectivity index is 2.46. The van der Waals surface area contributed by atoms with Crippen LogP contribution in [-0.4, -0.2) is 35.5 Å². The Morgan fingerprint density at radius 3 is 2.75 bits per heavy atom. The monoisotopic (exact) mass is 242 g/mol. The van der Waals surface area contributed by atoms with Crippen LogP contribution >= 0.6 is 11.6 Å². The van der Waals surface area contributed by atoms with Gasteiger partial charge in [-0.05, 0) is 26.0 Å². The minimum absolute atomic E-state index is 0.0119. The third-order valence-corrected chi connectivity index (χ3v) is 2.45. The van der Waals surface area contributed by atoms with E-state index in [4.69, 9.17) is 16.3 Å². The molecule has 0 aliphatic heterocycles. The molecule has 1 rings (SSSR count). The molecule has 1 heterocycles. The predicted molar refractivity (Wildman–Crippen MR) is 62.6 cm³/mol. The number of hydrogen-bond acceptors (Lipinski definition) is 3. The number of nitrogens with zero attached hydrogens (tertiary/aromatic N) is 2. The Morgan fingerprint density at radius 1 is 1.56 bits per heavy atom. The Kier molecular flexibility index (Phi) is 4.55. The van der Waals surface area contributed by atoms with Crippen molar-refractivity contribution in [1.82, 2.24) is 9.88 Å². The van der Waals surface area contributed by atoms with Gasteiger partial charge in [0.1, 0.15) is 10.9 Å². The molecule has 1 aromatic heterocycles. The Hall–Kier alpha value is -1.29. The zero-order chi connectivity index (χ0) is 12.1. The molecular weight excluding hydrogens is 228 g/mol. The summed E-state index contributed by atoms with van der Waals surface area (Å²) in [7, 11) is 1.75. The van der Waals surface area contributed by atoms with Crippen LogP contribution in [0.25, 0.3) is 0 Å². The number of aromatic nitrogens is 1. The molecule has 5 heteroatoms. The van der Waals surface area contributed by atoms with Crippen molar-refractivity contribution in [2.24, 2.45) is 0 Å². The van der Waals surface area contributed by atoms with Crippen LogP contribution in [0.4, 0.5) is 0 Å².